The van der Waals surface area contributed by atoms with Gasteiger partial charge >= 0.3 is 0 Å². The van der Waals surface area contributed by atoms with Gasteiger partial charge in [-0.1, -0.05) is 12.1 Å². The van der Waals surface area contributed by atoms with Gasteiger partial charge in [-0.05, 0) is 36.4 Å². The quantitative estimate of drug-likeness (QED) is 0.779. The molecule has 0 aliphatic carbocycles. The van der Waals surface area contributed by atoms with Gasteiger partial charge in [-0.2, -0.15) is 0 Å². The number of hydrogen-bond acceptors (Lipinski definition) is 4. The van der Waals surface area contributed by atoms with E-state index < -0.39 is 0 Å². The molecule has 2 aromatic rings. The molecule has 4 nitrogen and oxygen atoms in total. The number of carbonyl (C=O) groups is 1. The van der Waals surface area contributed by atoms with Crippen molar-refractivity contribution in [3.05, 3.63) is 54.3 Å². The average Bonchev–Trinajstić information content (AvgIpc) is 2.61. The minimum atomic E-state index is -0.280. The fourth-order valence-corrected chi connectivity index (χ4v) is 3.19. The van der Waals surface area contributed by atoms with Crippen molar-refractivity contribution in [2.24, 2.45) is 0 Å². The molecular weight excluding hydrogens is 329 g/mol. The Balaban J connectivity index is 1.49. The van der Waals surface area contributed by atoms with Crippen molar-refractivity contribution < 1.29 is 18.7 Å². The van der Waals surface area contributed by atoms with Crippen LogP contribution in [0.1, 0.15) is 0 Å². The second-order valence-corrected chi connectivity index (χ2v) is 6.56. The highest BCUT2D eigenvalue weighted by molar-refractivity contribution is 8.00. The van der Waals surface area contributed by atoms with Gasteiger partial charge in [-0.3, -0.25) is 4.79 Å². The first-order valence-electron chi connectivity index (χ1n) is 7.62. The lowest BCUT2D eigenvalue weighted by atomic mass is 10.2. The molecule has 0 fully saturated rings. The maximum absolute atomic E-state index is 12.9. The van der Waals surface area contributed by atoms with E-state index in [1.54, 1.807) is 24.1 Å². The van der Waals surface area contributed by atoms with E-state index in [9.17, 15) is 9.18 Å². The number of hydrogen-bond donors (Lipinski definition) is 0. The predicted octanol–water partition coefficient (Wildman–Crippen LogP) is 3.22. The van der Waals surface area contributed by atoms with Gasteiger partial charge in [-0.15, -0.1) is 11.8 Å². The number of amides is 1. The monoisotopic (exact) mass is 347 g/mol. The highest BCUT2D eigenvalue weighted by atomic mass is 32.2. The van der Waals surface area contributed by atoms with Crippen molar-refractivity contribution in [3.63, 3.8) is 0 Å². The topological polar surface area (TPSA) is 38.8 Å². The number of rotatable bonds is 5. The van der Waals surface area contributed by atoms with Crippen LogP contribution in [0.25, 0.3) is 0 Å². The van der Waals surface area contributed by atoms with Crippen LogP contribution < -0.4 is 9.47 Å². The molecule has 1 amide bonds. The molecule has 0 aromatic heterocycles. The summed E-state index contributed by atoms with van der Waals surface area (Å²) in [5.74, 6) is 1.45. The van der Waals surface area contributed by atoms with Crippen molar-refractivity contribution >= 4 is 17.7 Å². The minimum absolute atomic E-state index is 0.00761. The molecule has 2 aromatic carbocycles. The summed E-state index contributed by atoms with van der Waals surface area (Å²) < 4.78 is 24.4. The Labute approximate surface area is 144 Å². The number of likely N-dealkylation sites (N-methyl/N-ethyl adjacent to an activating group) is 1. The van der Waals surface area contributed by atoms with Crippen LogP contribution in [0.2, 0.25) is 0 Å². The van der Waals surface area contributed by atoms with E-state index in [1.807, 2.05) is 24.3 Å². The van der Waals surface area contributed by atoms with Gasteiger partial charge in [0, 0.05) is 11.9 Å². The number of fused-ring (bicyclic) bond motifs is 1. The second kappa shape index (κ2) is 7.57. The van der Waals surface area contributed by atoms with Crippen LogP contribution in [-0.4, -0.2) is 42.9 Å². The van der Waals surface area contributed by atoms with Crippen molar-refractivity contribution in [1.82, 2.24) is 4.90 Å². The molecule has 6 heteroatoms. The molecule has 0 radical (unpaired) electrons. The number of para-hydroxylation sites is 2. The predicted molar refractivity (Wildman–Crippen MR) is 91.1 cm³/mol. The molecule has 1 atom stereocenters. The first-order valence-corrected chi connectivity index (χ1v) is 8.61. The Morgan fingerprint density at radius 3 is 2.67 bits per heavy atom. The maximum atomic E-state index is 12.9. The molecule has 0 spiro atoms. The summed E-state index contributed by atoms with van der Waals surface area (Å²) in [6.07, 6.45) is -0.190. The molecule has 1 heterocycles. The smallest absolute Gasteiger partial charge is 0.232 e. The fraction of sp³-hybridized carbons (Fsp3) is 0.278. The number of benzene rings is 2. The number of ether oxygens (including phenoxy) is 2. The highest BCUT2D eigenvalue weighted by Gasteiger charge is 2.23. The minimum Gasteiger partial charge on any atom is -0.486 e. The van der Waals surface area contributed by atoms with Crippen LogP contribution in [0.3, 0.4) is 0 Å². The zero-order valence-corrected chi connectivity index (χ0v) is 14.1. The van der Waals surface area contributed by atoms with Crippen LogP contribution in [0, 0.1) is 5.82 Å². The normalized spacial score (nSPS) is 15.8. The summed E-state index contributed by atoms with van der Waals surface area (Å²) in [4.78, 5) is 14.7. The number of thioether (sulfide) groups is 1. The molecule has 1 aliphatic heterocycles. The molecule has 126 valence electrons. The molecular formula is C18H18FNO3S. The van der Waals surface area contributed by atoms with Gasteiger partial charge < -0.3 is 14.4 Å². The van der Waals surface area contributed by atoms with E-state index in [4.69, 9.17) is 9.47 Å². The average molecular weight is 347 g/mol. The van der Waals surface area contributed by atoms with Gasteiger partial charge in [0.25, 0.3) is 0 Å². The largest absolute Gasteiger partial charge is 0.486 e. The third kappa shape index (κ3) is 4.20. The van der Waals surface area contributed by atoms with Gasteiger partial charge in [-0.25, -0.2) is 4.39 Å². The lowest BCUT2D eigenvalue weighted by molar-refractivity contribution is -0.128. The first-order chi connectivity index (χ1) is 11.6. The molecule has 0 saturated carbocycles. The Morgan fingerprint density at radius 2 is 1.92 bits per heavy atom. The van der Waals surface area contributed by atoms with E-state index >= 15 is 0 Å². The number of halogens is 1. The van der Waals surface area contributed by atoms with Crippen molar-refractivity contribution in [3.8, 4) is 11.5 Å². The molecule has 0 bridgehead atoms. The molecule has 1 aliphatic rings. The highest BCUT2D eigenvalue weighted by Crippen LogP contribution is 2.31. The lowest BCUT2D eigenvalue weighted by Gasteiger charge is -2.29. The summed E-state index contributed by atoms with van der Waals surface area (Å²) in [6.45, 7) is 0.872. The van der Waals surface area contributed by atoms with Crippen LogP contribution in [0.5, 0.6) is 11.5 Å². The molecule has 24 heavy (non-hydrogen) atoms. The van der Waals surface area contributed by atoms with Crippen molar-refractivity contribution in [1.29, 1.82) is 0 Å². The van der Waals surface area contributed by atoms with Crippen LogP contribution in [0.4, 0.5) is 4.39 Å². The summed E-state index contributed by atoms with van der Waals surface area (Å²) >= 11 is 1.39. The van der Waals surface area contributed by atoms with Gasteiger partial charge in [0.15, 0.2) is 17.6 Å². The van der Waals surface area contributed by atoms with E-state index in [1.165, 1.54) is 23.9 Å². The number of nitrogens with zero attached hydrogens (tertiary/aromatic N) is 1. The van der Waals surface area contributed by atoms with Gasteiger partial charge in [0.05, 0.1) is 12.3 Å². The van der Waals surface area contributed by atoms with Crippen molar-refractivity contribution in [2.45, 2.75) is 11.0 Å². The summed E-state index contributed by atoms with van der Waals surface area (Å²) in [5, 5.41) is 0. The molecule has 1 unspecified atom stereocenters. The zero-order chi connectivity index (χ0) is 16.9. The maximum Gasteiger partial charge on any atom is 0.232 e. The summed E-state index contributed by atoms with van der Waals surface area (Å²) in [6, 6.07) is 13.6. The van der Waals surface area contributed by atoms with Gasteiger partial charge in [0.1, 0.15) is 12.4 Å². The molecule has 3 rings (SSSR count). The van der Waals surface area contributed by atoms with E-state index in [-0.39, 0.29) is 17.8 Å². The third-order valence-corrected chi connectivity index (χ3v) is 4.64. The Kier molecular flexibility index (Phi) is 5.25. The Bertz CT molecular complexity index is 708. The third-order valence-electron chi connectivity index (χ3n) is 3.65. The molecule has 0 N–H and O–H groups in total. The van der Waals surface area contributed by atoms with Crippen molar-refractivity contribution in [2.75, 3.05) is 26.0 Å². The van der Waals surface area contributed by atoms with Crippen LogP contribution in [-0.2, 0) is 4.79 Å². The molecule has 0 saturated heterocycles. The second-order valence-electron chi connectivity index (χ2n) is 5.51. The van der Waals surface area contributed by atoms with E-state index in [2.05, 4.69) is 0 Å². The summed E-state index contributed by atoms with van der Waals surface area (Å²) in [7, 11) is 1.75. The first kappa shape index (κ1) is 16.6. The fourth-order valence-electron chi connectivity index (χ4n) is 2.35. The van der Waals surface area contributed by atoms with Crippen LogP contribution >= 0.6 is 11.8 Å². The summed E-state index contributed by atoms with van der Waals surface area (Å²) in [5.41, 5.74) is 0. The lowest BCUT2D eigenvalue weighted by Crippen LogP contribution is -2.42. The van der Waals surface area contributed by atoms with Gasteiger partial charge in [0.2, 0.25) is 5.91 Å². The van der Waals surface area contributed by atoms with E-state index in [0.29, 0.717) is 24.7 Å². The zero-order valence-electron chi connectivity index (χ0n) is 13.3. The standard InChI is InChI=1S/C18H18FNO3S/c1-20(18(21)12-24-15-8-6-13(19)7-9-15)10-14-11-22-16-4-2-3-5-17(16)23-14/h2-9,14H,10-12H2,1H3. The SMILES string of the molecule is CN(CC1COc2ccccc2O1)C(=O)CSc1ccc(F)cc1. The van der Waals surface area contributed by atoms with Crippen LogP contribution in [0.15, 0.2) is 53.4 Å². The Hall–Kier alpha value is -2.21. The number of carbonyl (C=O) groups excluding carboxylic acids is 1. The van der Waals surface area contributed by atoms with E-state index in [0.717, 1.165) is 10.6 Å². The Morgan fingerprint density at radius 1 is 1.21 bits per heavy atom.